The fourth-order valence-electron chi connectivity index (χ4n) is 1.43. The Labute approximate surface area is 105 Å². The Morgan fingerprint density at radius 2 is 2.20 bits per heavy atom. The lowest BCUT2D eigenvalue weighted by Gasteiger charge is -2.25. The van der Waals surface area contributed by atoms with Gasteiger partial charge < -0.3 is 4.74 Å². The highest BCUT2D eigenvalue weighted by atomic mass is 35.5. The molecule has 0 radical (unpaired) electrons. The SMILES string of the molecule is Cl.ClCc1csc(CN2CCOCC2)n1. The first kappa shape index (κ1) is 13.2. The second-order valence-corrected chi connectivity index (χ2v) is 4.46. The number of morpholine rings is 1. The van der Waals surface area contributed by atoms with E-state index in [1.54, 1.807) is 11.3 Å². The van der Waals surface area contributed by atoms with Crippen LogP contribution in [-0.4, -0.2) is 36.2 Å². The molecule has 0 bridgehead atoms. The van der Waals surface area contributed by atoms with Crippen LogP contribution >= 0.6 is 35.3 Å². The van der Waals surface area contributed by atoms with E-state index in [1.807, 2.05) is 5.38 Å². The largest absolute Gasteiger partial charge is 0.379 e. The van der Waals surface area contributed by atoms with Gasteiger partial charge in [0.15, 0.2) is 0 Å². The maximum absolute atomic E-state index is 5.69. The summed E-state index contributed by atoms with van der Waals surface area (Å²) in [4.78, 5) is 6.79. The summed E-state index contributed by atoms with van der Waals surface area (Å²) in [7, 11) is 0. The molecule has 86 valence electrons. The lowest BCUT2D eigenvalue weighted by atomic mass is 10.4. The molecule has 2 rings (SSSR count). The standard InChI is InChI=1S/C9H13ClN2OS.ClH/c10-5-8-7-14-9(11-8)6-12-1-3-13-4-2-12;/h7H,1-6H2;1H. The number of hydrogen-bond acceptors (Lipinski definition) is 4. The minimum absolute atomic E-state index is 0. The Balaban J connectivity index is 0.00000112. The number of ether oxygens (including phenoxy) is 1. The van der Waals surface area contributed by atoms with Gasteiger partial charge in [-0.3, -0.25) is 4.90 Å². The topological polar surface area (TPSA) is 25.4 Å². The second-order valence-electron chi connectivity index (χ2n) is 3.25. The van der Waals surface area contributed by atoms with Gasteiger partial charge in [0, 0.05) is 18.5 Å². The molecule has 3 nitrogen and oxygen atoms in total. The quantitative estimate of drug-likeness (QED) is 0.786. The Kier molecular flexibility index (Phi) is 5.86. The molecule has 15 heavy (non-hydrogen) atoms. The van der Waals surface area contributed by atoms with E-state index in [2.05, 4.69) is 9.88 Å². The van der Waals surface area contributed by atoms with Gasteiger partial charge in [-0.15, -0.1) is 35.3 Å². The van der Waals surface area contributed by atoms with Crippen molar-refractivity contribution in [3.63, 3.8) is 0 Å². The molecule has 2 heterocycles. The maximum atomic E-state index is 5.69. The van der Waals surface area contributed by atoms with Gasteiger partial charge in [0.25, 0.3) is 0 Å². The summed E-state index contributed by atoms with van der Waals surface area (Å²) in [6.07, 6.45) is 0. The lowest BCUT2D eigenvalue weighted by Crippen LogP contribution is -2.35. The van der Waals surface area contributed by atoms with Crippen molar-refractivity contribution in [1.82, 2.24) is 9.88 Å². The van der Waals surface area contributed by atoms with E-state index in [4.69, 9.17) is 16.3 Å². The lowest BCUT2D eigenvalue weighted by molar-refractivity contribution is 0.0341. The van der Waals surface area contributed by atoms with Gasteiger partial charge in [-0.05, 0) is 0 Å². The molecule has 1 fully saturated rings. The second kappa shape index (κ2) is 6.66. The van der Waals surface area contributed by atoms with Crippen molar-refractivity contribution in [3.05, 3.63) is 16.1 Å². The molecule has 0 aliphatic carbocycles. The van der Waals surface area contributed by atoms with Gasteiger partial charge in [0.05, 0.1) is 31.3 Å². The number of rotatable bonds is 3. The highest BCUT2D eigenvalue weighted by Gasteiger charge is 2.12. The molecule has 0 saturated carbocycles. The van der Waals surface area contributed by atoms with Gasteiger partial charge >= 0.3 is 0 Å². The molecular weight excluding hydrogens is 255 g/mol. The van der Waals surface area contributed by atoms with Crippen molar-refractivity contribution in [3.8, 4) is 0 Å². The van der Waals surface area contributed by atoms with Crippen LogP contribution in [0.2, 0.25) is 0 Å². The number of alkyl halides is 1. The van der Waals surface area contributed by atoms with Gasteiger partial charge in [-0.2, -0.15) is 0 Å². The molecule has 0 atom stereocenters. The van der Waals surface area contributed by atoms with E-state index in [0.29, 0.717) is 5.88 Å². The molecular formula is C9H14Cl2N2OS. The summed E-state index contributed by atoms with van der Waals surface area (Å²) in [5.41, 5.74) is 0.986. The Morgan fingerprint density at radius 3 is 2.80 bits per heavy atom. The highest BCUT2D eigenvalue weighted by molar-refractivity contribution is 7.09. The third-order valence-corrected chi connectivity index (χ3v) is 3.36. The summed E-state index contributed by atoms with van der Waals surface area (Å²) in [5.74, 6) is 0.514. The molecule has 1 aromatic rings. The van der Waals surface area contributed by atoms with Crippen molar-refractivity contribution in [2.24, 2.45) is 0 Å². The molecule has 0 spiro atoms. The normalized spacial score (nSPS) is 17.4. The minimum atomic E-state index is 0. The van der Waals surface area contributed by atoms with Gasteiger partial charge in [-0.25, -0.2) is 4.98 Å². The van der Waals surface area contributed by atoms with E-state index in [9.17, 15) is 0 Å². The van der Waals surface area contributed by atoms with E-state index >= 15 is 0 Å². The summed E-state index contributed by atoms with van der Waals surface area (Å²) in [6.45, 7) is 4.64. The van der Waals surface area contributed by atoms with Crippen molar-refractivity contribution in [2.75, 3.05) is 26.3 Å². The van der Waals surface area contributed by atoms with Crippen LogP contribution in [0.25, 0.3) is 0 Å². The fraction of sp³-hybridized carbons (Fsp3) is 0.667. The van der Waals surface area contributed by atoms with Gasteiger partial charge in [0.2, 0.25) is 0 Å². The molecule has 1 aromatic heterocycles. The Bertz CT molecular complexity index is 289. The molecule has 6 heteroatoms. The van der Waals surface area contributed by atoms with E-state index in [1.165, 1.54) is 0 Å². The summed E-state index contributed by atoms with van der Waals surface area (Å²) in [5, 5.41) is 3.19. The van der Waals surface area contributed by atoms with Gasteiger partial charge in [0.1, 0.15) is 5.01 Å². The predicted octanol–water partition coefficient (Wildman–Crippen LogP) is 2.14. The van der Waals surface area contributed by atoms with Crippen LogP contribution in [0.4, 0.5) is 0 Å². The Morgan fingerprint density at radius 1 is 1.47 bits per heavy atom. The van der Waals surface area contributed by atoms with Crippen molar-refractivity contribution >= 4 is 35.3 Å². The van der Waals surface area contributed by atoms with Crippen molar-refractivity contribution in [2.45, 2.75) is 12.4 Å². The molecule has 0 aromatic carbocycles. The number of nitrogens with zero attached hydrogens (tertiary/aromatic N) is 2. The number of thiazole rings is 1. The first-order valence-corrected chi connectivity index (χ1v) is 6.09. The smallest absolute Gasteiger partial charge is 0.107 e. The molecule has 0 N–H and O–H groups in total. The predicted molar refractivity (Wildman–Crippen MR) is 65.0 cm³/mol. The molecule has 0 amide bonds. The number of halogens is 2. The van der Waals surface area contributed by atoms with Crippen molar-refractivity contribution in [1.29, 1.82) is 0 Å². The van der Waals surface area contributed by atoms with E-state index < -0.39 is 0 Å². The minimum Gasteiger partial charge on any atom is -0.379 e. The zero-order chi connectivity index (χ0) is 9.80. The molecule has 1 saturated heterocycles. The zero-order valence-corrected chi connectivity index (χ0v) is 10.7. The summed E-state index contributed by atoms with van der Waals surface area (Å²) < 4.78 is 5.28. The molecule has 1 aliphatic rings. The average molecular weight is 269 g/mol. The third-order valence-electron chi connectivity index (χ3n) is 2.20. The van der Waals surface area contributed by atoms with Crippen LogP contribution in [0.1, 0.15) is 10.7 Å². The van der Waals surface area contributed by atoms with Gasteiger partial charge in [-0.1, -0.05) is 0 Å². The highest BCUT2D eigenvalue weighted by Crippen LogP contribution is 2.14. The monoisotopic (exact) mass is 268 g/mol. The zero-order valence-electron chi connectivity index (χ0n) is 8.32. The third kappa shape index (κ3) is 3.89. The molecule has 1 aliphatic heterocycles. The van der Waals surface area contributed by atoms with Crippen LogP contribution in [0.15, 0.2) is 5.38 Å². The summed E-state index contributed by atoms with van der Waals surface area (Å²) >= 11 is 7.38. The van der Waals surface area contributed by atoms with E-state index in [0.717, 1.165) is 43.5 Å². The van der Waals surface area contributed by atoms with Crippen LogP contribution < -0.4 is 0 Å². The first-order chi connectivity index (χ1) is 6.88. The first-order valence-electron chi connectivity index (χ1n) is 4.68. The summed E-state index contributed by atoms with van der Waals surface area (Å²) in [6, 6.07) is 0. The number of aromatic nitrogens is 1. The molecule has 0 unspecified atom stereocenters. The Hall–Kier alpha value is 0.130. The van der Waals surface area contributed by atoms with Crippen LogP contribution in [0.3, 0.4) is 0 Å². The fourth-order valence-corrected chi connectivity index (χ4v) is 2.50. The van der Waals surface area contributed by atoms with Crippen LogP contribution in [0.5, 0.6) is 0 Å². The van der Waals surface area contributed by atoms with E-state index in [-0.39, 0.29) is 12.4 Å². The average Bonchev–Trinajstić information content (AvgIpc) is 2.67. The van der Waals surface area contributed by atoms with Crippen molar-refractivity contribution < 1.29 is 4.74 Å². The van der Waals surface area contributed by atoms with Crippen LogP contribution in [0, 0.1) is 0 Å². The number of hydrogen-bond donors (Lipinski definition) is 0. The van der Waals surface area contributed by atoms with Crippen LogP contribution in [-0.2, 0) is 17.2 Å². The maximum Gasteiger partial charge on any atom is 0.107 e.